The normalized spacial score (nSPS) is 11.8. The third-order valence-corrected chi connectivity index (χ3v) is 6.81. The quantitative estimate of drug-likeness (QED) is 0.239. The molecule has 0 unspecified atom stereocenters. The van der Waals surface area contributed by atoms with E-state index in [-0.39, 0.29) is 0 Å². The van der Waals surface area contributed by atoms with Gasteiger partial charge in [-0.05, 0) is 77.1 Å². The van der Waals surface area contributed by atoms with Gasteiger partial charge in [0.25, 0.3) is 0 Å². The van der Waals surface area contributed by atoms with E-state index in [4.69, 9.17) is 0 Å². The fourth-order valence-electron chi connectivity index (χ4n) is 5.36. The molecule has 7 rings (SSSR count). The van der Waals surface area contributed by atoms with Crippen LogP contribution >= 0.6 is 0 Å². The molecule has 0 fully saturated rings. The number of hydrogen-bond donors (Lipinski definition) is 0. The van der Waals surface area contributed by atoms with Crippen LogP contribution in [0.1, 0.15) is 0 Å². The Balaban J connectivity index is 1.72. The third-order valence-electron chi connectivity index (χ3n) is 6.81. The van der Waals surface area contributed by atoms with Crippen molar-refractivity contribution >= 4 is 53.9 Å². The van der Waals surface area contributed by atoms with Gasteiger partial charge in [-0.15, -0.1) is 0 Å². The van der Waals surface area contributed by atoms with Crippen molar-refractivity contribution in [3.8, 4) is 11.1 Å². The lowest BCUT2D eigenvalue weighted by Crippen LogP contribution is -1.88. The molecule has 0 saturated heterocycles. The first-order chi connectivity index (χ1) is 15.9. The molecular weight excluding hydrogens is 384 g/mol. The molecule has 0 aromatic heterocycles. The highest BCUT2D eigenvalue weighted by molar-refractivity contribution is 6.33. The minimum absolute atomic E-state index is 1.26. The maximum Gasteiger partial charge on any atom is -0.00199 e. The van der Waals surface area contributed by atoms with Crippen LogP contribution in [0.2, 0.25) is 0 Å². The number of fused-ring (bicyclic) bond motifs is 9. The van der Waals surface area contributed by atoms with Gasteiger partial charge in [-0.3, -0.25) is 0 Å². The first-order valence-electron chi connectivity index (χ1n) is 11.1. The van der Waals surface area contributed by atoms with E-state index in [0.29, 0.717) is 0 Å². The van der Waals surface area contributed by atoms with Gasteiger partial charge < -0.3 is 0 Å². The molecule has 0 bridgehead atoms. The van der Waals surface area contributed by atoms with Crippen molar-refractivity contribution in [2.24, 2.45) is 0 Å². The largest absolute Gasteiger partial charge is 0.0616 e. The number of benzene rings is 7. The van der Waals surface area contributed by atoms with Crippen LogP contribution in [-0.4, -0.2) is 0 Å². The molecule has 0 heterocycles. The number of rotatable bonds is 1. The van der Waals surface area contributed by atoms with Crippen LogP contribution in [0.15, 0.2) is 121 Å². The van der Waals surface area contributed by atoms with E-state index < -0.39 is 0 Å². The SMILES string of the molecule is c1ccc2cc(-c3cc4c5ccccc5c5ccccc5c4c4ccccc34)ccc2c1. The highest BCUT2D eigenvalue weighted by Gasteiger charge is 2.14. The van der Waals surface area contributed by atoms with Crippen LogP contribution in [0.5, 0.6) is 0 Å². The van der Waals surface area contributed by atoms with Gasteiger partial charge in [-0.25, -0.2) is 0 Å². The third kappa shape index (κ3) is 2.44. The van der Waals surface area contributed by atoms with E-state index in [9.17, 15) is 0 Å². The van der Waals surface area contributed by atoms with Gasteiger partial charge in [0.2, 0.25) is 0 Å². The van der Waals surface area contributed by atoms with E-state index in [0.717, 1.165) is 0 Å². The molecule has 148 valence electrons. The zero-order chi connectivity index (χ0) is 21.1. The van der Waals surface area contributed by atoms with Gasteiger partial charge in [0.15, 0.2) is 0 Å². The Morgan fingerprint density at radius 3 is 1.53 bits per heavy atom. The van der Waals surface area contributed by atoms with Crippen molar-refractivity contribution in [3.63, 3.8) is 0 Å². The second-order valence-corrected chi connectivity index (χ2v) is 8.55. The van der Waals surface area contributed by atoms with E-state index in [2.05, 4.69) is 121 Å². The fourth-order valence-corrected chi connectivity index (χ4v) is 5.36. The minimum atomic E-state index is 1.26. The lowest BCUT2D eigenvalue weighted by Gasteiger charge is -2.16. The zero-order valence-electron chi connectivity index (χ0n) is 17.5. The van der Waals surface area contributed by atoms with Gasteiger partial charge in [-0.2, -0.15) is 0 Å². The smallest absolute Gasteiger partial charge is 0.00199 e. The molecule has 0 heteroatoms. The Labute approximate surface area is 186 Å². The van der Waals surface area contributed by atoms with Crippen LogP contribution in [0.25, 0.3) is 65.0 Å². The minimum Gasteiger partial charge on any atom is -0.0616 e. The average molecular weight is 405 g/mol. The molecule has 7 aromatic rings. The molecule has 0 aliphatic rings. The lowest BCUT2D eigenvalue weighted by atomic mass is 9.87. The second kappa shape index (κ2) is 6.67. The molecular formula is C32H20. The summed E-state index contributed by atoms with van der Waals surface area (Å²) in [5, 5.41) is 13.1. The second-order valence-electron chi connectivity index (χ2n) is 8.55. The molecule has 0 atom stereocenters. The van der Waals surface area contributed by atoms with Crippen LogP contribution in [-0.2, 0) is 0 Å². The molecule has 0 radical (unpaired) electrons. The van der Waals surface area contributed by atoms with Gasteiger partial charge >= 0.3 is 0 Å². The summed E-state index contributed by atoms with van der Waals surface area (Å²) in [6.07, 6.45) is 0. The average Bonchev–Trinajstić information content (AvgIpc) is 2.88. The Bertz CT molecular complexity index is 1820. The molecule has 0 amide bonds. The van der Waals surface area contributed by atoms with Crippen molar-refractivity contribution in [1.29, 1.82) is 0 Å². The fraction of sp³-hybridized carbons (Fsp3) is 0. The van der Waals surface area contributed by atoms with Crippen molar-refractivity contribution in [1.82, 2.24) is 0 Å². The molecule has 0 aliphatic heterocycles. The summed E-state index contributed by atoms with van der Waals surface area (Å²) < 4.78 is 0. The zero-order valence-corrected chi connectivity index (χ0v) is 17.5. The first kappa shape index (κ1) is 17.5. The van der Waals surface area contributed by atoms with Gasteiger partial charge in [0.1, 0.15) is 0 Å². The number of hydrogen-bond acceptors (Lipinski definition) is 0. The molecule has 0 spiro atoms. The maximum absolute atomic E-state index is 2.41. The van der Waals surface area contributed by atoms with E-state index in [1.807, 2.05) is 0 Å². The van der Waals surface area contributed by atoms with Crippen LogP contribution in [0.3, 0.4) is 0 Å². The summed E-state index contributed by atoms with van der Waals surface area (Å²) in [5.41, 5.74) is 2.55. The van der Waals surface area contributed by atoms with Gasteiger partial charge in [-0.1, -0.05) is 109 Å². The lowest BCUT2D eigenvalue weighted by molar-refractivity contribution is 1.70. The summed E-state index contributed by atoms with van der Waals surface area (Å²) in [4.78, 5) is 0. The predicted molar refractivity (Wildman–Crippen MR) is 139 cm³/mol. The van der Waals surface area contributed by atoms with Crippen molar-refractivity contribution < 1.29 is 0 Å². The predicted octanol–water partition coefficient (Wildman–Crippen LogP) is 9.12. The Morgan fingerprint density at radius 1 is 0.312 bits per heavy atom. The van der Waals surface area contributed by atoms with Gasteiger partial charge in [0.05, 0.1) is 0 Å². The summed E-state index contributed by atoms with van der Waals surface area (Å²) in [6, 6.07) is 44.3. The summed E-state index contributed by atoms with van der Waals surface area (Å²) in [5.74, 6) is 0. The summed E-state index contributed by atoms with van der Waals surface area (Å²) >= 11 is 0. The summed E-state index contributed by atoms with van der Waals surface area (Å²) in [7, 11) is 0. The van der Waals surface area contributed by atoms with Gasteiger partial charge in [0, 0.05) is 0 Å². The topological polar surface area (TPSA) is 0 Å². The van der Waals surface area contributed by atoms with E-state index >= 15 is 0 Å². The molecule has 0 nitrogen and oxygen atoms in total. The van der Waals surface area contributed by atoms with Crippen molar-refractivity contribution in [3.05, 3.63) is 121 Å². The molecule has 32 heavy (non-hydrogen) atoms. The monoisotopic (exact) mass is 404 g/mol. The first-order valence-corrected chi connectivity index (χ1v) is 11.1. The molecule has 0 N–H and O–H groups in total. The van der Waals surface area contributed by atoms with Crippen LogP contribution < -0.4 is 0 Å². The van der Waals surface area contributed by atoms with E-state index in [1.54, 1.807) is 0 Å². The highest BCUT2D eigenvalue weighted by atomic mass is 14.2. The van der Waals surface area contributed by atoms with Crippen LogP contribution in [0, 0.1) is 0 Å². The standard InChI is InChI=1S/C32H20/c1-2-10-22-19-23(18-17-21(22)9-1)30-20-31-26-13-4-3-11-24(26)25-12-5-7-15-28(25)32(31)29-16-8-6-14-27(29)30/h1-20H. The molecule has 0 saturated carbocycles. The maximum atomic E-state index is 2.41. The highest BCUT2D eigenvalue weighted by Crippen LogP contribution is 2.42. The van der Waals surface area contributed by atoms with Crippen LogP contribution in [0.4, 0.5) is 0 Å². The van der Waals surface area contributed by atoms with E-state index in [1.165, 1.54) is 65.0 Å². The Kier molecular flexibility index (Phi) is 3.65. The Hall–Kier alpha value is -4.16. The Morgan fingerprint density at radius 2 is 0.812 bits per heavy atom. The van der Waals surface area contributed by atoms with Crippen molar-refractivity contribution in [2.75, 3.05) is 0 Å². The molecule has 0 aliphatic carbocycles. The molecule has 7 aromatic carbocycles. The van der Waals surface area contributed by atoms with Crippen molar-refractivity contribution in [2.45, 2.75) is 0 Å². The summed E-state index contributed by atoms with van der Waals surface area (Å²) in [6.45, 7) is 0.